The Morgan fingerprint density at radius 3 is 2.62 bits per heavy atom. The number of anilines is 1. The molecule has 244 valence electrons. The van der Waals surface area contributed by atoms with Gasteiger partial charge in [0.15, 0.2) is 0 Å². The van der Waals surface area contributed by atoms with Crippen molar-refractivity contribution in [2.24, 2.45) is 11.3 Å². The Hall–Kier alpha value is -4.52. The van der Waals surface area contributed by atoms with Crippen molar-refractivity contribution in [1.29, 1.82) is 0 Å². The molecule has 3 amide bonds. The molecule has 0 saturated heterocycles. The molecular formula is C32H43FN6O6. The number of nitrogens with one attached hydrogen (secondary N) is 2. The lowest BCUT2D eigenvalue weighted by Gasteiger charge is -2.24. The summed E-state index contributed by atoms with van der Waals surface area (Å²) in [4.78, 5) is 60.8. The van der Waals surface area contributed by atoms with Crippen LogP contribution >= 0.6 is 0 Å². The van der Waals surface area contributed by atoms with Crippen molar-refractivity contribution in [2.45, 2.75) is 46.6 Å². The Bertz CT molecular complexity index is 1590. The van der Waals surface area contributed by atoms with E-state index < -0.39 is 23.5 Å². The van der Waals surface area contributed by atoms with E-state index in [0.717, 1.165) is 10.5 Å². The fourth-order valence-corrected chi connectivity index (χ4v) is 4.80. The average Bonchev–Trinajstić information content (AvgIpc) is 3.35. The first-order valence-electron chi connectivity index (χ1n) is 14.7. The molecule has 0 saturated carbocycles. The number of methoxy groups -OCH3 is 1. The van der Waals surface area contributed by atoms with Crippen LogP contribution in [0, 0.1) is 17.2 Å². The SMILES string of the molecule is COCCN(C[C@H](CC/C=C/C(=O)N(C)C)C(=O)Nc1cccn(Cc2nc3cc(F)cc(CC(C)(C)C)c3[nH]2)c1=O)C(=O)O. The van der Waals surface area contributed by atoms with Crippen molar-refractivity contribution in [2.75, 3.05) is 46.2 Å². The number of imidazole rings is 1. The van der Waals surface area contributed by atoms with Crippen molar-refractivity contribution in [1.82, 2.24) is 24.3 Å². The highest BCUT2D eigenvalue weighted by Gasteiger charge is 2.25. The van der Waals surface area contributed by atoms with Gasteiger partial charge in [0.25, 0.3) is 5.56 Å². The summed E-state index contributed by atoms with van der Waals surface area (Å²) in [5.41, 5.74) is 1.40. The van der Waals surface area contributed by atoms with Gasteiger partial charge in [0, 0.05) is 46.6 Å². The monoisotopic (exact) mass is 626 g/mol. The minimum atomic E-state index is -1.21. The van der Waals surface area contributed by atoms with Crippen LogP contribution in [0.15, 0.2) is 47.4 Å². The van der Waals surface area contributed by atoms with Crippen LogP contribution in [0.25, 0.3) is 11.0 Å². The molecule has 0 unspecified atom stereocenters. The Morgan fingerprint density at radius 1 is 1.24 bits per heavy atom. The number of ether oxygens (including phenoxy) is 1. The van der Waals surface area contributed by atoms with Crippen molar-refractivity contribution in [3.8, 4) is 0 Å². The summed E-state index contributed by atoms with van der Waals surface area (Å²) in [6, 6.07) is 5.92. The first kappa shape index (κ1) is 35.0. The smallest absolute Gasteiger partial charge is 0.407 e. The molecule has 13 heteroatoms. The Kier molecular flexibility index (Phi) is 12.0. The number of hydrogen-bond donors (Lipinski definition) is 3. The van der Waals surface area contributed by atoms with Crippen molar-refractivity contribution in [3.05, 3.63) is 70.2 Å². The molecule has 12 nitrogen and oxygen atoms in total. The maximum Gasteiger partial charge on any atom is 0.407 e. The molecule has 0 aliphatic heterocycles. The van der Waals surface area contributed by atoms with Crippen molar-refractivity contribution < 1.29 is 28.6 Å². The van der Waals surface area contributed by atoms with E-state index in [9.17, 15) is 28.7 Å². The minimum Gasteiger partial charge on any atom is -0.465 e. The molecule has 3 aromatic rings. The first-order valence-corrected chi connectivity index (χ1v) is 14.7. The molecule has 2 heterocycles. The van der Waals surface area contributed by atoms with Gasteiger partial charge in [-0.25, -0.2) is 14.2 Å². The van der Waals surface area contributed by atoms with Gasteiger partial charge in [-0.05, 0) is 54.5 Å². The number of nitrogens with zero attached hydrogens (tertiary/aromatic N) is 4. The maximum absolute atomic E-state index is 14.4. The van der Waals surface area contributed by atoms with Crippen LogP contribution in [0.2, 0.25) is 0 Å². The fraction of sp³-hybridized carbons (Fsp3) is 0.469. The van der Waals surface area contributed by atoms with Gasteiger partial charge in [-0.1, -0.05) is 26.8 Å². The third-order valence-corrected chi connectivity index (χ3v) is 7.04. The number of fused-ring (bicyclic) bond motifs is 1. The van der Waals surface area contributed by atoms with Crippen molar-refractivity contribution in [3.63, 3.8) is 0 Å². The second-order valence-corrected chi connectivity index (χ2v) is 12.4. The zero-order valence-electron chi connectivity index (χ0n) is 26.7. The molecule has 0 aliphatic carbocycles. The predicted octanol–water partition coefficient (Wildman–Crippen LogP) is 4.11. The van der Waals surface area contributed by atoms with Gasteiger partial charge in [0.05, 0.1) is 30.1 Å². The van der Waals surface area contributed by atoms with E-state index in [1.54, 1.807) is 32.4 Å². The predicted molar refractivity (Wildman–Crippen MR) is 170 cm³/mol. The molecule has 0 spiro atoms. The molecule has 0 bridgehead atoms. The fourth-order valence-electron chi connectivity index (χ4n) is 4.80. The van der Waals surface area contributed by atoms with E-state index in [2.05, 4.69) is 36.1 Å². The highest BCUT2D eigenvalue weighted by atomic mass is 19.1. The summed E-state index contributed by atoms with van der Waals surface area (Å²) in [5, 5.41) is 12.3. The third-order valence-electron chi connectivity index (χ3n) is 7.04. The Labute approximate surface area is 261 Å². The van der Waals surface area contributed by atoms with Gasteiger partial charge in [-0.3, -0.25) is 14.4 Å². The number of hydrogen-bond acceptors (Lipinski definition) is 6. The van der Waals surface area contributed by atoms with Crippen LogP contribution in [0.4, 0.5) is 14.9 Å². The van der Waals surface area contributed by atoms with E-state index in [-0.39, 0.29) is 55.5 Å². The summed E-state index contributed by atoms with van der Waals surface area (Å²) < 4.78 is 20.7. The topological polar surface area (TPSA) is 150 Å². The third kappa shape index (κ3) is 10.3. The lowest BCUT2D eigenvalue weighted by Crippen LogP contribution is -2.41. The Morgan fingerprint density at radius 2 is 1.98 bits per heavy atom. The molecule has 0 fully saturated rings. The van der Waals surface area contributed by atoms with Gasteiger partial charge in [0.2, 0.25) is 11.8 Å². The second kappa shape index (κ2) is 15.5. The summed E-state index contributed by atoms with van der Waals surface area (Å²) in [5.74, 6) is -1.51. The van der Waals surface area contributed by atoms with Crippen LogP contribution < -0.4 is 10.9 Å². The van der Waals surface area contributed by atoms with Gasteiger partial charge in [-0.15, -0.1) is 0 Å². The number of carbonyl (C=O) groups excluding carboxylic acids is 2. The first-order chi connectivity index (χ1) is 21.2. The number of amides is 3. The summed E-state index contributed by atoms with van der Waals surface area (Å²) >= 11 is 0. The van der Waals surface area contributed by atoms with Gasteiger partial charge in [-0.2, -0.15) is 0 Å². The quantitative estimate of drug-likeness (QED) is 0.228. The number of halogens is 1. The van der Waals surface area contributed by atoms with E-state index in [0.29, 0.717) is 29.7 Å². The second-order valence-electron chi connectivity index (χ2n) is 12.4. The van der Waals surface area contributed by atoms with E-state index >= 15 is 0 Å². The molecule has 0 aliphatic rings. The van der Waals surface area contributed by atoms with Gasteiger partial charge >= 0.3 is 6.09 Å². The number of aromatic amines is 1. The van der Waals surface area contributed by atoms with Crippen LogP contribution in [-0.2, 0) is 27.3 Å². The number of aromatic nitrogens is 3. The number of likely N-dealkylation sites (N-methyl/N-ethyl adjacent to an activating group) is 1. The Balaban J connectivity index is 1.83. The normalized spacial score (nSPS) is 12.4. The highest BCUT2D eigenvalue weighted by Crippen LogP contribution is 2.27. The van der Waals surface area contributed by atoms with Gasteiger partial charge < -0.3 is 34.5 Å². The molecule has 2 aromatic heterocycles. The number of H-pyrrole nitrogens is 1. The number of rotatable bonds is 14. The lowest BCUT2D eigenvalue weighted by molar-refractivity contribution is -0.123. The number of benzene rings is 1. The molecule has 1 aromatic carbocycles. The molecule has 0 radical (unpaired) electrons. The molecule has 1 atom stereocenters. The highest BCUT2D eigenvalue weighted by molar-refractivity contribution is 5.92. The van der Waals surface area contributed by atoms with E-state index in [1.165, 1.54) is 40.9 Å². The molecule has 45 heavy (non-hydrogen) atoms. The number of carbonyl (C=O) groups is 3. The standard InChI is InChI=1S/C32H43FN6O6/c1-32(2,3)18-22-16-23(33)17-25-28(22)36-26(34-25)20-38-13-9-11-24(30(38)42)35-29(41)21(10-7-8-12-27(40)37(4)5)19-39(31(43)44)14-15-45-6/h8-9,11-13,16-17,21H,7,10,14-15,18-20H2,1-6H3,(H,34,36)(H,35,41)(H,43,44)/b12-8+/t21-/m0/s1. The number of carboxylic acid groups (broad SMARTS) is 1. The summed E-state index contributed by atoms with van der Waals surface area (Å²) in [6.45, 7) is 6.31. The summed E-state index contributed by atoms with van der Waals surface area (Å²) in [7, 11) is 4.69. The lowest BCUT2D eigenvalue weighted by atomic mass is 9.87. The average molecular weight is 627 g/mol. The minimum absolute atomic E-state index is 0.0140. The maximum atomic E-state index is 14.4. The zero-order chi connectivity index (χ0) is 33.3. The molecular weight excluding hydrogens is 583 g/mol. The van der Waals surface area contributed by atoms with E-state index in [4.69, 9.17) is 4.74 Å². The molecule has 3 N–H and O–H groups in total. The van der Waals surface area contributed by atoms with Crippen LogP contribution in [-0.4, -0.2) is 88.3 Å². The van der Waals surface area contributed by atoms with Gasteiger partial charge in [0.1, 0.15) is 17.3 Å². The van der Waals surface area contributed by atoms with Crippen molar-refractivity contribution >= 4 is 34.6 Å². The zero-order valence-corrected chi connectivity index (χ0v) is 26.7. The molecule has 3 rings (SSSR count). The number of allylic oxidation sites excluding steroid dienone is 1. The van der Waals surface area contributed by atoms with Crippen LogP contribution in [0.1, 0.15) is 45.0 Å². The number of pyridine rings is 1. The largest absolute Gasteiger partial charge is 0.465 e. The summed E-state index contributed by atoms with van der Waals surface area (Å²) in [6.07, 6.45) is 4.56. The van der Waals surface area contributed by atoms with Crippen LogP contribution in [0.3, 0.4) is 0 Å². The van der Waals surface area contributed by atoms with Crippen LogP contribution in [0.5, 0.6) is 0 Å². The van der Waals surface area contributed by atoms with E-state index in [1.807, 2.05) is 0 Å².